The van der Waals surface area contributed by atoms with Crippen molar-refractivity contribution in [3.05, 3.63) is 47.3 Å². The fraction of sp³-hybridized carbons (Fsp3) is 0.267. The lowest BCUT2D eigenvalue weighted by Gasteiger charge is -2.11. The number of carbonyl (C=O) groups is 1. The summed E-state index contributed by atoms with van der Waals surface area (Å²) < 4.78 is 5.09. The number of nitrogens with one attached hydrogen (secondary N) is 1. The third-order valence-corrected chi connectivity index (χ3v) is 3.05. The summed E-state index contributed by atoms with van der Waals surface area (Å²) in [5, 5.41) is 12.1. The van der Waals surface area contributed by atoms with Crippen LogP contribution in [0.25, 0.3) is 0 Å². The topological polar surface area (TPSA) is 84.3 Å². The van der Waals surface area contributed by atoms with Crippen LogP contribution in [0.2, 0.25) is 0 Å². The van der Waals surface area contributed by atoms with Crippen LogP contribution in [0.1, 0.15) is 21.6 Å². The lowest BCUT2D eigenvalue weighted by atomic mass is 10.1. The van der Waals surface area contributed by atoms with E-state index in [1.165, 1.54) is 6.20 Å². The van der Waals surface area contributed by atoms with E-state index in [0.29, 0.717) is 18.2 Å². The second kappa shape index (κ2) is 6.81. The number of aromatic nitrogens is 2. The zero-order chi connectivity index (χ0) is 15.2. The zero-order valence-electron chi connectivity index (χ0n) is 12.0. The number of ether oxygens (including phenoxy) is 1. The first-order valence-corrected chi connectivity index (χ1v) is 6.52. The molecule has 0 fully saturated rings. The SMILES string of the molecule is COCCc1ccccc1Nc1ncc(C(=O)O)c(C)n1. The van der Waals surface area contributed by atoms with Crippen molar-refractivity contribution in [1.82, 2.24) is 9.97 Å². The van der Waals surface area contributed by atoms with Crippen LogP contribution in [0, 0.1) is 6.92 Å². The predicted octanol–water partition coefficient (Wildman–Crippen LogP) is 2.42. The molecule has 6 nitrogen and oxygen atoms in total. The molecule has 2 aromatic rings. The number of anilines is 2. The Hall–Kier alpha value is -2.47. The van der Waals surface area contributed by atoms with E-state index in [9.17, 15) is 4.79 Å². The third kappa shape index (κ3) is 3.76. The summed E-state index contributed by atoms with van der Waals surface area (Å²) in [6.07, 6.45) is 2.08. The maximum atomic E-state index is 10.9. The minimum absolute atomic E-state index is 0.105. The van der Waals surface area contributed by atoms with Crippen LogP contribution >= 0.6 is 0 Å². The number of hydrogen-bond acceptors (Lipinski definition) is 5. The van der Waals surface area contributed by atoms with Crippen LogP contribution in [0.3, 0.4) is 0 Å². The molecule has 0 radical (unpaired) electrons. The number of rotatable bonds is 6. The van der Waals surface area contributed by atoms with Crippen molar-refractivity contribution in [2.75, 3.05) is 19.0 Å². The smallest absolute Gasteiger partial charge is 0.339 e. The lowest BCUT2D eigenvalue weighted by Crippen LogP contribution is -2.07. The van der Waals surface area contributed by atoms with E-state index in [1.807, 2.05) is 24.3 Å². The highest BCUT2D eigenvalue weighted by molar-refractivity contribution is 5.88. The predicted molar refractivity (Wildman–Crippen MR) is 79.0 cm³/mol. The average molecular weight is 287 g/mol. The van der Waals surface area contributed by atoms with Crippen LogP contribution in [-0.4, -0.2) is 34.8 Å². The summed E-state index contributed by atoms with van der Waals surface area (Å²) in [5.74, 6) is -0.651. The highest BCUT2D eigenvalue weighted by Gasteiger charge is 2.10. The summed E-state index contributed by atoms with van der Waals surface area (Å²) in [4.78, 5) is 19.2. The van der Waals surface area contributed by atoms with Gasteiger partial charge >= 0.3 is 5.97 Å². The molecular weight excluding hydrogens is 270 g/mol. The second-order valence-electron chi connectivity index (χ2n) is 4.52. The van der Waals surface area contributed by atoms with E-state index in [0.717, 1.165) is 17.7 Å². The molecule has 2 rings (SSSR count). The number of hydrogen-bond donors (Lipinski definition) is 2. The molecule has 0 amide bonds. The first kappa shape index (κ1) is 14.9. The van der Waals surface area contributed by atoms with Crippen molar-refractivity contribution >= 4 is 17.6 Å². The molecule has 0 aliphatic rings. The maximum absolute atomic E-state index is 10.9. The quantitative estimate of drug-likeness (QED) is 0.848. The minimum Gasteiger partial charge on any atom is -0.478 e. The standard InChI is InChI=1S/C15H17N3O3/c1-10-12(14(19)20)9-16-15(17-10)18-13-6-4-3-5-11(13)7-8-21-2/h3-6,9H,7-8H2,1-2H3,(H,19,20)(H,16,17,18). The Morgan fingerprint density at radius 3 is 2.81 bits per heavy atom. The van der Waals surface area contributed by atoms with Gasteiger partial charge in [0.25, 0.3) is 0 Å². The second-order valence-corrected chi connectivity index (χ2v) is 4.52. The molecule has 0 unspecified atom stereocenters. The first-order chi connectivity index (χ1) is 10.1. The van der Waals surface area contributed by atoms with Crippen LogP contribution in [-0.2, 0) is 11.2 Å². The lowest BCUT2D eigenvalue weighted by molar-refractivity contribution is 0.0695. The summed E-state index contributed by atoms with van der Waals surface area (Å²) in [6.45, 7) is 2.27. The van der Waals surface area contributed by atoms with Crippen molar-refractivity contribution in [1.29, 1.82) is 0 Å². The van der Waals surface area contributed by atoms with Gasteiger partial charge in [-0.3, -0.25) is 0 Å². The summed E-state index contributed by atoms with van der Waals surface area (Å²) in [5.41, 5.74) is 2.50. The molecule has 110 valence electrons. The molecule has 0 saturated heterocycles. The maximum Gasteiger partial charge on any atom is 0.339 e. The Balaban J connectivity index is 2.22. The van der Waals surface area contributed by atoms with Gasteiger partial charge < -0.3 is 15.2 Å². The Kier molecular flexibility index (Phi) is 4.84. The Bertz CT molecular complexity index is 644. The molecule has 1 aromatic heterocycles. The number of aromatic carboxylic acids is 1. The summed E-state index contributed by atoms with van der Waals surface area (Å²) >= 11 is 0. The van der Waals surface area contributed by atoms with E-state index in [1.54, 1.807) is 14.0 Å². The van der Waals surface area contributed by atoms with Crippen LogP contribution in [0.4, 0.5) is 11.6 Å². The number of aryl methyl sites for hydroxylation is 1. The van der Waals surface area contributed by atoms with Gasteiger partial charge in [0.2, 0.25) is 5.95 Å². The van der Waals surface area contributed by atoms with E-state index in [-0.39, 0.29) is 5.56 Å². The third-order valence-electron chi connectivity index (χ3n) is 3.05. The number of nitrogens with zero attached hydrogens (tertiary/aromatic N) is 2. The van der Waals surface area contributed by atoms with Gasteiger partial charge in [0.05, 0.1) is 17.9 Å². The largest absolute Gasteiger partial charge is 0.478 e. The number of carboxylic acid groups (broad SMARTS) is 1. The highest BCUT2D eigenvalue weighted by Crippen LogP contribution is 2.19. The van der Waals surface area contributed by atoms with Gasteiger partial charge in [-0.1, -0.05) is 18.2 Å². The molecule has 0 aliphatic carbocycles. The van der Waals surface area contributed by atoms with E-state index in [2.05, 4.69) is 15.3 Å². The van der Waals surface area contributed by atoms with Gasteiger partial charge in [-0.05, 0) is 25.0 Å². The van der Waals surface area contributed by atoms with Crippen molar-refractivity contribution in [3.63, 3.8) is 0 Å². The van der Waals surface area contributed by atoms with Crippen molar-refractivity contribution < 1.29 is 14.6 Å². The Morgan fingerprint density at radius 1 is 1.38 bits per heavy atom. The molecule has 6 heteroatoms. The van der Waals surface area contributed by atoms with E-state index >= 15 is 0 Å². The fourth-order valence-corrected chi connectivity index (χ4v) is 1.93. The number of methoxy groups -OCH3 is 1. The number of benzene rings is 1. The molecule has 21 heavy (non-hydrogen) atoms. The number of carboxylic acids is 1. The van der Waals surface area contributed by atoms with Crippen LogP contribution < -0.4 is 5.32 Å². The van der Waals surface area contributed by atoms with Crippen molar-refractivity contribution in [3.8, 4) is 0 Å². The van der Waals surface area contributed by atoms with Gasteiger partial charge in [-0.15, -0.1) is 0 Å². The monoisotopic (exact) mass is 287 g/mol. The normalized spacial score (nSPS) is 10.4. The van der Waals surface area contributed by atoms with Crippen LogP contribution in [0.5, 0.6) is 0 Å². The van der Waals surface area contributed by atoms with Gasteiger partial charge in [0, 0.05) is 19.0 Å². The first-order valence-electron chi connectivity index (χ1n) is 6.52. The van der Waals surface area contributed by atoms with Gasteiger partial charge in [0.15, 0.2) is 0 Å². The van der Waals surface area contributed by atoms with E-state index < -0.39 is 5.97 Å². The molecule has 0 aliphatic heterocycles. The van der Waals surface area contributed by atoms with Crippen molar-refractivity contribution in [2.24, 2.45) is 0 Å². The minimum atomic E-state index is -1.03. The molecule has 0 saturated carbocycles. The summed E-state index contributed by atoms with van der Waals surface area (Å²) in [7, 11) is 1.66. The zero-order valence-corrected chi connectivity index (χ0v) is 12.0. The van der Waals surface area contributed by atoms with Crippen LogP contribution in [0.15, 0.2) is 30.5 Å². The highest BCUT2D eigenvalue weighted by atomic mass is 16.5. The van der Waals surface area contributed by atoms with Gasteiger partial charge in [-0.25, -0.2) is 14.8 Å². The molecule has 0 spiro atoms. The fourth-order valence-electron chi connectivity index (χ4n) is 1.93. The molecule has 0 bridgehead atoms. The average Bonchev–Trinajstić information content (AvgIpc) is 2.46. The van der Waals surface area contributed by atoms with Gasteiger partial charge in [0.1, 0.15) is 0 Å². The summed E-state index contributed by atoms with van der Waals surface area (Å²) in [6, 6.07) is 7.79. The Labute approximate surface area is 122 Å². The molecule has 1 aromatic carbocycles. The van der Waals surface area contributed by atoms with Crippen molar-refractivity contribution in [2.45, 2.75) is 13.3 Å². The Morgan fingerprint density at radius 2 is 2.14 bits per heavy atom. The van der Waals surface area contributed by atoms with Gasteiger partial charge in [-0.2, -0.15) is 0 Å². The molecule has 1 heterocycles. The number of para-hydroxylation sites is 1. The van der Waals surface area contributed by atoms with E-state index in [4.69, 9.17) is 9.84 Å². The molecule has 2 N–H and O–H groups in total. The molecule has 0 atom stereocenters. The molecular formula is C15H17N3O3.